The first kappa shape index (κ1) is 28.0. The van der Waals surface area contributed by atoms with Gasteiger partial charge in [0.15, 0.2) is 0 Å². The maximum atomic E-state index is 13.2. The summed E-state index contributed by atoms with van der Waals surface area (Å²) >= 11 is 11.8. The van der Waals surface area contributed by atoms with E-state index in [1.165, 1.54) is 72.9 Å². The maximum Gasteiger partial charge on any atom is 0.264 e. The van der Waals surface area contributed by atoms with Gasteiger partial charge < -0.3 is 10.1 Å². The fourth-order valence-corrected chi connectivity index (χ4v) is 4.68. The van der Waals surface area contributed by atoms with E-state index in [1.54, 1.807) is 19.1 Å². The molecule has 12 heteroatoms. The number of rotatable bonds is 8. The molecule has 1 heterocycles. The van der Waals surface area contributed by atoms with Gasteiger partial charge in [0.05, 0.1) is 16.0 Å². The molecule has 0 bridgehead atoms. The van der Waals surface area contributed by atoms with Gasteiger partial charge >= 0.3 is 0 Å². The van der Waals surface area contributed by atoms with Crippen LogP contribution < -0.4 is 14.8 Å². The fourth-order valence-electron chi connectivity index (χ4n) is 3.42. The van der Waals surface area contributed by atoms with Crippen molar-refractivity contribution in [1.82, 2.24) is 15.0 Å². The van der Waals surface area contributed by atoms with Crippen molar-refractivity contribution in [3.8, 4) is 11.6 Å². The zero-order chi connectivity index (χ0) is 28.2. The molecule has 4 aromatic rings. The average Bonchev–Trinajstić information content (AvgIpc) is 2.91. The second-order valence-electron chi connectivity index (χ2n) is 8.27. The van der Waals surface area contributed by atoms with Crippen molar-refractivity contribution >= 4 is 45.0 Å². The van der Waals surface area contributed by atoms with Crippen molar-refractivity contribution in [2.45, 2.75) is 17.9 Å². The summed E-state index contributed by atoms with van der Waals surface area (Å²) in [6.45, 7) is 1.72. The highest BCUT2D eigenvalue weighted by atomic mass is 35.5. The molecule has 0 aliphatic rings. The number of hydrogen-bond donors (Lipinski definition) is 2. The van der Waals surface area contributed by atoms with Crippen molar-refractivity contribution in [1.29, 1.82) is 0 Å². The van der Waals surface area contributed by atoms with Gasteiger partial charge in [-0.1, -0.05) is 35.3 Å². The Hall–Kier alpha value is -3.99. The predicted octanol–water partition coefficient (Wildman–Crippen LogP) is 5.93. The minimum Gasteiger partial charge on any atom is -0.438 e. The first-order chi connectivity index (χ1) is 18.5. The molecule has 1 atom stereocenters. The van der Waals surface area contributed by atoms with E-state index in [0.29, 0.717) is 10.6 Å². The summed E-state index contributed by atoms with van der Waals surface area (Å²) in [5, 5.41) is 3.38. The average molecular weight is 588 g/mol. The highest BCUT2D eigenvalue weighted by Crippen LogP contribution is 2.26. The van der Waals surface area contributed by atoms with E-state index in [0.717, 1.165) is 0 Å². The lowest BCUT2D eigenvalue weighted by atomic mass is 10.1. The van der Waals surface area contributed by atoms with Crippen LogP contribution in [0.25, 0.3) is 0 Å². The lowest BCUT2D eigenvalue weighted by Gasteiger charge is -2.16. The Morgan fingerprint density at radius 1 is 0.897 bits per heavy atom. The SMILES string of the molecule is C[C@H](NC(=O)c1cc(Cl)cnc1Oc1ccc(F)cc1)c1ccc(C(=O)NS(=O)(=O)c2ccc(Cl)cc2)cc1. The number of aromatic nitrogens is 1. The first-order valence-electron chi connectivity index (χ1n) is 11.3. The number of sulfonamides is 1. The number of pyridine rings is 1. The molecule has 200 valence electrons. The van der Waals surface area contributed by atoms with Gasteiger partial charge in [-0.05, 0) is 79.2 Å². The van der Waals surface area contributed by atoms with Crippen molar-refractivity contribution < 1.29 is 27.1 Å². The second kappa shape index (κ2) is 11.8. The van der Waals surface area contributed by atoms with Gasteiger partial charge in [-0.3, -0.25) is 9.59 Å². The Labute approximate surface area is 233 Å². The first-order valence-corrected chi connectivity index (χ1v) is 13.6. The zero-order valence-corrected chi connectivity index (χ0v) is 22.5. The molecule has 4 rings (SSSR count). The number of carbonyl (C=O) groups excluding carboxylic acids is 2. The Bertz CT molecular complexity index is 1620. The van der Waals surface area contributed by atoms with Gasteiger partial charge in [-0.25, -0.2) is 22.5 Å². The quantitative estimate of drug-likeness (QED) is 0.264. The largest absolute Gasteiger partial charge is 0.438 e. The van der Waals surface area contributed by atoms with Gasteiger partial charge in [-0.2, -0.15) is 0 Å². The third-order valence-corrected chi connectivity index (χ3v) is 7.27. The normalized spacial score (nSPS) is 11.9. The molecule has 0 saturated heterocycles. The third kappa shape index (κ3) is 7.11. The summed E-state index contributed by atoms with van der Waals surface area (Å²) in [6, 6.07) is 17.5. The maximum absolute atomic E-state index is 13.2. The van der Waals surface area contributed by atoms with Crippen LogP contribution >= 0.6 is 23.2 Å². The third-order valence-electron chi connectivity index (χ3n) is 5.46. The van der Waals surface area contributed by atoms with Crippen LogP contribution in [0.4, 0.5) is 4.39 Å². The minimum absolute atomic E-state index is 0.0235. The molecule has 0 aliphatic heterocycles. The topological polar surface area (TPSA) is 114 Å². The van der Waals surface area contributed by atoms with Gasteiger partial charge in [0.1, 0.15) is 17.1 Å². The number of hydrogen-bond acceptors (Lipinski definition) is 6. The van der Waals surface area contributed by atoms with E-state index in [1.807, 2.05) is 4.72 Å². The Morgan fingerprint density at radius 2 is 1.54 bits per heavy atom. The zero-order valence-electron chi connectivity index (χ0n) is 20.2. The molecule has 8 nitrogen and oxygen atoms in total. The summed E-state index contributed by atoms with van der Waals surface area (Å²) in [6.07, 6.45) is 1.32. The van der Waals surface area contributed by atoms with E-state index in [-0.39, 0.29) is 32.7 Å². The highest BCUT2D eigenvalue weighted by Gasteiger charge is 2.21. The van der Waals surface area contributed by atoms with E-state index >= 15 is 0 Å². The van der Waals surface area contributed by atoms with Crippen LogP contribution in [0.3, 0.4) is 0 Å². The number of nitrogens with one attached hydrogen (secondary N) is 2. The van der Waals surface area contributed by atoms with Gasteiger partial charge in [0.2, 0.25) is 5.88 Å². The van der Waals surface area contributed by atoms with Crippen molar-refractivity contribution in [2.75, 3.05) is 0 Å². The molecule has 3 aromatic carbocycles. The van der Waals surface area contributed by atoms with Gasteiger partial charge in [0, 0.05) is 16.8 Å². The van der Waals surface area contributed by atoms with Crippen LogP contribution in [-0.4, -0.2) is 25.2 Å². The number of ether oxygens (including phenoxy) is 1. The van der Waals surface area contributed by atoms with Crippen LogP contribution in [0.15, 0.2) is 90.0 Å². The number of halogens is 3. The molecule has 2 amide bonds. The highest BCUT2D eigenvalue weighted by molar-refractivity contribution is 7.90. The van der Waals surface area contributed by atoms with Crippen molar-refractivity contribution in [3.63, 3.8) is 0 Å². The van der Waals surface area contributed by atoms with Crippen LogP contribution in [0, 0.1) is 5.82 Å². The molecular formula is C27H20Cl2FN3O5S. The molecule has 0 saturated carbocycles. The van der Waals surface area contributed by atoms with E-state index in [2.05, 4.69) is 10.3 Å². The lowest BCUT2D eigenvalue weighted by molar-refractivity contribution is 0.0934. The lowest BCUT2D eigenvalue weighted by Crippen LogP contribution is -2.30. The molecule has 39 heavy (non-hydrogen) atoms. The number of benzene rings is 3. The molecule has 1 aromatic heterocycles. The van der Waals surface area contributed by atoms with E-state index < -0.39 is 33.7 Å². The fraction of sp³-hybridized carbons (Fsp3) is 0.0741. The Balaban J connectivity index is 1.44. The van der Waals surface area contributed by atoms with Crippen LogP contribution in [0.1, 0.15) is 39.2 Å². The van der Waals surface area contributed by atoms with E-state index in [4.69, 9.17) is 27.9 Å². The van der Waals surface area contributed by atoms with Crippen LogP contribution in [-0.2, 0) is 10.0 Å². The summed E-state index contributed by atoms with van der Waals surface area (Å²) in [5.74, 6) is -1.54. The summed E-state index contributed by atoms with van der Waals surface area (Å²) in [5.41, 5.74) is 0.794. The summed E-state index contributed by atoms with van der Waals surface area (Å²) in [4.78, 5) is 29.6. The van der Waals surface area contributed by atoms with Crippen LogP contribution in [0.5, 0.6) is 11.6 Å². The van der Waals surface area contributed by atoms with Gasteiger partial charge in [-0.15, -0.1) is 0 Å². The Kier molecular flexibility index (Phi) is 8.49. The molecule has 2 N–H and O–H groups in total. The van der Waals surface area contributed by atoms with Crippen molar-refractivity contribution in [3.05, 3.63) is 118 Å². The molecule has 0 radical (unpaired) electrons. The van der Waals surface area contributed by atoms with Crippen molar-refractivity contribution in [2.24, 2.45) is 0 Å². The van der Waals surface area contributed by atoms with Gasteiger partial charge in [0.25, 0.3) is 21.8 Å². The summed E-state index contributed by atoms with van der Waals surface area (Å²) in [7, 11) is -4.09. The predicted molar refractivity (Wildman–Crippen MR) is 144 cm³/mol. The minimum atomic E-state index is -4.09. The molecule has 0 fully saturated rings. The van der Waals surface area contributed by atoms with E-state index in [9.17, 15) is 22.4 Å². The molecule has 0 spiro atoms. The standard InChI is InChI=1S/C27H20Cl2FN3O5S/c1-16(32-26(35)24-14-20(29)15-31-27(24)38-22-10-8-21(30)9-11-22)17-2-4-18(5-3-17)25(34)33-39(36,37)23-12-6-19(28)7-13-23/h2-16H,1H3,(H,32,35)(H,33,34)/t16-/m0/s1. The monoisotopic (exact) mass is 587 g/mol. The number of carbonyl (C=O) groups is 2. The second-order valence-corrected chi connectivity index (χ2v) is 10.8. The van der Waals surface area contributed by atoms with Crippen LogP contribution in [0.2, 0.25) is 10.0 Å². The molecular weight excluding hydrogens is 568 g/mol. The molecule has 0 aliphatic carbocycles. The number of amides is 2. The molecule has 0 unspecified atom stereocenters. The number of nitrogens with zero attached hydrogens (tertiary/aromatic N) is 1. The Morgan fingerprint density at radius 3 is 2.18 bits per heavy atom. The smallest absolute Gasteiger partial charge is 0.264 e. The summed E-state index contributed by atoms with van der Waals surface area (Å²) < 4.78 is 45.8.